The van der Waals surface area contributed by atoms with Crippen LogP contribution < -0.4 is 9.61 Å². The molecule has 0 amide bonds. The maximum absolute atomic E-state index is 12.2. The van der Waals surface area contributed by atoms with E-state index in [0.29, 0.717) is 12.4 Å². The highest BCUT2D eigenvalue weighted by Crippen LogP contribution is 2.39. The van der Waals surface area contributed by atoms with Crippen molar-refractivity contribution in [3.05, 3.63) is 30.3 Å². The maximum atomic E-state index is 12.2. The van der Waals surface area contributed by atoms with E-state index >= 15 is 0 Å². The first-order valence-corrected chi connectivity index (χ1v) is 7.78. The second-order valence-corrected chi connectivity index (χ2v) is 5.99. The quantitative estimate of drug-likeness (QED) is 0.636. The van der Waals surface area contributed by atoms with Crippen LogP contribution in [-0.2, 0) is 14.1 Å². The van der Waals surface area contributed by atoms with Crippen molar-refractivity contribution in [2.75, 3.05) is 13.3 Å². The van der Waals surface area contributed by atoms with Crippen LogP contribution in [0.25, 0.3) is 0 Å². The third kappa shape index (κ3) is 4.90. The lowest BCUT2D eigenvalue weighted by atomic mass is 10.3. The molecule has 5 nitrogen and oxygen atoms in total. The van der Waals surface area contributed by atoms with Gasteiger partial charge >= 0.3 is 13.5 Å². The molecule has 1 N–H and O–H groups in total. The molecule has 2 atom stereocenters. The zero-order valence-electron chi connectivity index (χ0n) is 10.8. The van der Waals surface area contributed by atoms with E-state index in [0.717, 1.165) is 0 Å². The SMILES string of the molecule is CCOC(=O)[C@H](C)NP(C)(=O)Oc1ccccc1. The predicted octanol–water partition coefficient (Wildman–Crippen LogP) is 2.43. The molecule has 0 saturated heterocycles. The number of benzene rings is 1. The summed E-state index contributed by atoms with van der Waals surface area (Å²) in [6, 6.07) is 8.13. The third-order valence-corrected chi connectivity index (χ3v) is 3.51. The summed E-state index contributed by atoms with van der Waals surface area (Å²) in [4.78, 5) is 11.4. The van der Waals surface area contributed by atoms with E-state index < -0.39 is 19.5 Å². The molecule has 18 heavy (non-hydrogen) atoms. The second kappa shape index (κ2) is 6.57. The molecule has 0 bridgehead atoms. The van der Waals surface area contributed by atoms with Crippen molar-refractivity contribution in [3.8, 4) is 5.75 Å². The first-order chi connectivity index (χ1) is 8.44. The lowest BCUT2D eigenvalue weighted by Gasteiger charge is -2.20. The van der Waals surface area contributed by atoms with Crippen molar-refractivity contribution in [1.29, 1.82) is 0 Å². The molecule has 0 aliphatic rings. The highest BCUT2D eigenvalue weighted by molar-refractivity contribution is 7.56. The van der Waals surface area contributed by atoms with Gasteiger partial charge in [-0.1, -0.05) is 18.2 Å². The lowest BCUT2D eigenvalue weighted by Crippen LogP contribution is -2.34. The first-order valence-electron chi connectivity index (χ1n) is 5.71. The van der Waals surface area contributed by atoms with Crippen LogP contribution in [0.2, 0.25) is 0 Å². The molecule has 1 rings (SSSR count). The molecular formula is C12H18NO4P. The normalized spacial score (nSPS) is 15.5. The summed E-state index contributed by atoms with van der Waals surface area (Å²) in [5, 5.41) is 2.65. The molecule has 0 spiro atoms. The standard InChI is InChI=1S/C12H18NO4P/c1-4-16-12(14)10(2)13-18(3,15)17-11-8-6-5-7-9-11/h5-10H,4H2,1-3H3,(H,13,15)/t10-,18?/m0/s1. The average Bonchev–Trinajstić information content (AvgIpc) is 2.29. The Morgan fingerprint density at radius 3 is 2.56 bits per heavy atom. The maximum Gasteiger partial charge on any atom is 0.323 e. The van der Waals surface area contributed by atoms with E-state index in [-0.39, 0.29) is 0 Å². The van der Waals surface area contributed by atoms with Crippen molar-refractivity contribution in [3.63, 3.8) is 0 Å². The number of hydrogen-bond acceptors (Lipinski definition) is 4. The molecule has 0 saturated carbocycles. The van der Waals surface area contributed by atoms with Crippen LogP contribution in [0.4, 0.5) is 0 Å². The van der Waals surface area contributed by atoms with E-state index in [9.17, 15) is 9.36 Å². The van der Waals surface area contributed by atoms with Gasteiger partial charge in [0.1, 0.15) is 11.8 Å². The van der Waals surface area contributed by atoms with Crippen LogP contribution in [0.1, 0.15) is 13.8 Å². The van der Waals surface area contributed by atoms with Crippen LogP contribution in [0, 0.1) is 0 Å². The Bertz CT molecular complexity index is 435. The van der Waals surface area contributed by atoms with Crippen molar-refractivity contribution < 1.29 is 18.6 Å². The molecule has 0 fully saturated rings. The van der Waals surface area contributed by atoms with E-state index in [1.165, 1.54) is 6.66 Å². The molecule has 1 aromatic rings. The first kappa shape index (κ1) is 14.7. The fraction of sp³-hybridized carbons (Fsp3) is 0.417. The molecule has 0 aromatic heterocycles. The van der Waals surface area contributed by atoms with E-state index in [1.807, 2.05) is 6.07 Å². The molecule has 0 heterocycles. The highest BCUT2D eigenvalue weighted by atomic mass is 31.2. The van der Waals surface area contributed by atoms with Gasteiger partial charge in [0, 0.05) is 6.66 Å². The minimum absolute atomic E-state index is 0.290. The highest BCUT2D eigenvalue weighted by Gasteiger charge is 2.25. The van der Waals surface area contributed by atoms with Gasteiger partial charge in [0.2, 0.25) is 0 Å². The Hall–Kier alpha value is -1.32. The zero-order valence-corrected chi connectivity index (χ0v) is 11.6. The van der Waals surface area contributed by atoms with Gasteiger partial charge in [-0.3, -0.25) is 9.36 Å². The molecule has 0 aliphatic carbocycles. The van der Waals surface area contributed by atoms with Gasteiger partial charge in [0.05, 0.1) is 6.61 Å². The van der Waals surface area contributed by atoms with Crippen LogP contribution in [0.5, 0.6) is 5.75 Å². The molecule has 6 heteroatoms. The number of hydrogen-bond donors (Lipinski definition) is 1. The molecular weight excluding hydrogens is 253 g/mol. The van der Waals surface area contributed by atoms with Crippen molar-refractivity contribution in [2.24, 2.45) is 0 Å². The van der Waals surface area contributed by atoms with Crippen molar-refractivity contribution in [2.45, 2.75) is 19.9 Å². The van der Waals surface area contributed by atoms with Gasteiger partial charge < -0.3 is 9.26 Å². The van der Waals surface area contributed by atoms with Gasteiger partial charge in [0.25, 0.3) is 0 Å². The fourth-order valence-corrected chi connectivity index (χ4v) is 2.77. The third-order valence-electron chi connectivity index (χ3n) is 2.09. The summed E-state index contributed by atoms with van der Waals surface area (Å²) < 4.78 is 22.3. The summed E-state index contributed by atoms with van der Waals surface area (Å²) in [7, 11) is -3.10. The second-order valence-electron chi connectivity index (χ2n) is 3.85. The van der Waals surface area contributed by atoms with Crippen molar-refractivity contribution in [1.82, 2.24) is 5.09 Å². The summed E-state index contributed by atoms with van der Waals surface area (Å²) >= 11 is 0. The van der Waals surface area contributed by atoms with Crippen LogP contribution in [-0.4, -0.2) is 25.3 Å². The monoisotopic (exact) mass is 271 g/mol. The van der Waals surface area contributed by atoms with Gasteiger partial charge in [-0.15, -0.1) is 0 Å². The molecule has 100 valence electrons. The van der Waals surface area contributed by atoms with Crippen molar-refractivity contribution >= 4 is 13.5 Å². The number of esters is 1. The smallest absolute Gasteiger partial charge is 0.323 e. The van der Waals surface area contributed by atoms with Crippen LogP contribution >= 0.6 is 7.52 Å². The molecule has 0 radical (unpaired) electrons. The minimum atomic E-state index is -3.10. The largest absolute Gasteiger partial charge is 0.465 e. The zero-order chi connectivity index (χ0) is 13.6. The van der Waals surface area contributed by atoms with E-state index in [2.05, 4.69) is 5.09 Å². The van der Waals surface area contributed by atoms with Gasteiger partial charge in [-0.2, -0.15) is 0 Å². The Morgan fingerprint density at radius 1 is 1.39 bits per heavy atom. The fourth-order valence-electron chi connectivity index (χ4n) is 1.38. The summed E-state index contributed by atoms with van der Waals surface area (Å²) in [5.41, 5.74) is 0. The van der Waals surface area contributed by atoms with E-state index in [1.54, 1.807) is 38.1 Å². The Morgan fingerprint density at radius 2 is 2.00 bits per heavy atom. The van der Waals surface area contributed by atoms with Gasteiger partial charge in [0.15, 0.2) is 0 Å². The molecule has 1 unspecified atom stereocenters. The number of rotatable bonds is 6. The van der Waals surface area contributed by atoms with Crippen LogP contribution in [0.3, 0.4) is 0 Å². The number of carbonyl (C=O) groups is 1. The average molecular weight is 271 g/mol. The molecule has 0 aliphatic heterocycles. The Kier molecular flexibility index (Phi) is 5.38. The van der Waals surface area contributed by atoms with Gasteiger partial charge in [-0.25, -0.2) is 5.09 Å². The summed E-state index contributed by atoms with van der Waals surface area (Å²) in [6.45, 7) is 5.02. The number of ether oxygens (including phenoxy) is 1. The predicted molar refractivity (Wildman–Crippen MR) is 69.8 cm³/mol. The Labute approximate surface area is 107 Å². The number of nitrogens with one attached hydrogen (secondary N) is 1. The van der Waals surface area contributed by atoms with Crippen LogP contribution in [0.15, 0.2) is 30.3 Å². The lowest BCUT2D eigenvalue weighted by molar-refractivity contribution is -0.144. The topological polar surface area (TPSA) is 64.6 Å². The van der Waals surface area contributed by atoms with Gasteiger partial charge in [-0.05, 0) is 26.0 Å². The minimum Gasteiger partial charge on any atom is -0.465 e. The summed E-state index contributed by atoms with van der Waals surface area (Å²) in [6.07, 6.45) is 0. The number of para-hydroxylation sites is 1. The molecule has 1 aromatic carbocycles. The van der Waals surface area contributed by atoms with E-state index in [4.69, 9.17) is 9.26 Å². The summed E-state index contributed by atoms with van der Waals surface area (Å²) in [5.74, 6) is 0.0446. The Balaban J connectivity index is 2.59. The number of carbonyl (C=O) groups excluding carboxylic acids is 1.